The number of benzene rings is 2. The van der Waals surface area contributed by atoms with Crippen LogP contribution in [0, 0.1) is 30.9 Å². The molecule has 10 heteroatoms. The van der Waals surface area contributed by atoms with Gasteiger partial charge in [-0.3, -0.25) is 19.6 Å². The van der Waals surface area contributed by atoms with Crippen LogP contribution >= 0.6 is 27.5 Å². The molecule has 8 nitrogen and oxygen atoms in total. The molecular weight excluding hydrogens is 488 g/mol. The van der Waals surface area contributed by atoms with Crippen molar-refractivity contribution in [1.82, 2.24) is 9.78 Å². The van der Waals surface area contributed by atoms with Crippen LogP contribution in [-0.4, -0.2) is 20.6 Å². The van der Waals surface area contributed by atoms with Crippen molar-refractivity contribution in [2.75, 3.05) is 5.32 Å². The first-order valence-corrected chi connectivity index (χ1v) is 10.5. The Labute approximate surface area is 192 Å². The molecule has 0 fully saturated rings. The maximum Gasteiger partial charge on any atom is 0.275 e. The lowest BCUT2D eigenvalue weighted by Crippen LogP contribution is -2.15. The maximum atomic E-state index is 12.4. The van der Waals surface area contributed by atoms with E-state index in [9.17, 15) is 14.9 Å². The zero-order chi connectivity index (χ0) is 22.7. The number of carbonyl (C=O) groups is 1. The first-order chi connectivity index (χ1) is 14.6. The van der Waals surface area contributed by atoms with Crippen LogP contribution in [0.5, 0.6) is 11.5 Å². The molecule has 31 heavy (non-hydrogen) atoms. The van der Waals surface area contributed by atoms with Crippen LogP contribution in [0.1, 0.15) is 23.4 Å². The Kier molecular flexibility index (Phi) is 6.97. The Morgan fingerprint density at radius 1 is 1.26 bits per heavy atom. The monoisotopic (exact) mass is 506 g/mol. The van der Waals surface area contributed by atoms with Gasteiger partial charge in [-0.15, -0.1) is 0 Å². The first-order valence-electron chi connectivity index (χ1n) is 9.37. The molecule has 162 valence electrons. The number of aryl methyl sites for hydroxylation is 3. The van der Waals surface area contributed by atoms with Gasteiger partial charge in [-0.2, -0.15) is 5.10 Å². The fourth-order valence-electron chi connectivity index (χ4n) is 3.00. The number of nitrogens with one attached hydrogen (secondary N) is 1. The Hall–Kier alpha value is -2.91. The van der Waals surface area contributed by atoms with Gasteiger partial charge in [-0.1, -0.05) is 11.6 Å². The van der Waals surface area contributed by atoms with E-state index in [-0.39, 0.29) is 29.5 Å². The van der Waals surface area contributed by atoms with E-state index in [0.717, 1.165) is 21.4 Å². The number of nitrogens with zero attached hydrogens (tertiary/aromatic N) is 3. The number of ether oxygens (including phenoxy) is 1. The highest BCUT2D eigenvalue weighted by molar-refractivity contribution is 9.10. The number of nitro benzene ring substituents is 1. The van der Waals surface area contributed by atoms with Gasteiger partial charge in [0.15, 0.2) is 0 Å². The molecule has 0 radical (unpaired) electrons. The number of halogens is 2. The van der Waals surface area contributed by atoms with Crippen LogP contribution in [0.15, 0.2) is 40.9 Å². The highest BCUT2D eigenvalue weighted by Gasteiger charge is 2.15. The van der Waals surface area contributed by atoms with E-state index >= 15 is 0 Å². The summed E-state index contributed by atoms with van der Waals surface area (Å²) in [7, 11) is 0. The van der Waals surface area contributed by atoms with Crippen LogP contribution in [0.3, 0.4) is 0 Å². The molecule has 0 unspecified atom stereocenters. The lowest BCUT2D eigenvalue weighted by Gasteiger charge is -2.11. The van der Waals surface area contributed by atoms with E-state index in [1.54, 1.807) is 28.9 Å². The largest absolute Gasteiger partial charge is 0.457 e. The number of nitro groups is 1. The summed E-state index contributed by atoms with van der Waals surface area (Å²) in [5, 5.41) is 19.0. The van der Waals surface area contributed by atoms with Gasteiger partial charge < -0.3 is 10.1 Å². The van der Waals surface area contributed by atoms with Crippen molar-refractivity contribution in [2.24, 2.45) is 0 Å². The Balaban J connectivity index is 1.76. The Bertz CT molecular complexity index is 1160. The van der Waals surface area contributed by atoms with Crippen molar-refractivity contribution >= 4 is 44.8 Å². The molecule has 1 amide bonds. The second-order valence-electron chi connectivity index (χ2n) is 6.99. The van der Waals surface area contributed by atoms with E-state index in [0.29, 0.717) is 17.3 Å². The highest BCUT2D eigenvalue weighted by Crippen LogP contribution is 2.32. The van der Waals surface area contributed by atoms with Crippen LogP contribution in [0.2, 0.25) is 5.02 Å². The number of aromatic nitrogens is 2. The van der Waals surface area contributed by atoms with Crippen molar-refractivity contribution in [3.63, 3.8) is 0 Å². The minimum absolute atomic E-state index is 0.156. The summed E-state index contributed by atoms with van der Waals surface area (Å²) in [6, 6.07) is 9.21. The molecule has 0 aliphatic carbocycles. The maximum absolute atomic E-state index is 12.4. The van der Waals surface area contributed by atoms with E-state index in [4.69, 9.17) is 16.3 Å². The van der Waals surface area contributed by atoms with Crippen LogP contribution in [0.25, 0.3) is 0 Å². The number of hydrogen-bond donors (Lipinski definition) is 1. The molecule has 2 aromatic carbocycles. The van der Waals surface area contributed by atoms with Gasteiger partial charge in [0.1, 0.15) is 11.5 Å². The molecule has 0 aliphatic rings. The molecule has 0 atom stereocenters. The Morgan fingerprint density at radius 2 is 2.00 bits per heavy atom. The van der Waals surface area contributed by atoms with Gasteiger partial charge in [0, 0.05) is 29.3 Å². The predicted octanol–water partition coefficient (Wildman–Crippen LogP) is 5.95. The molecule has 0 saturated carbocycles. The number of amides is 1. The summed E-state index contributed by atoms with van der Waals surface area (Å²) in [4.78, 5) is 23.2. The number of non-ortho nitro benzene ring substituents is 1. The number of anilines is 1. The molecule has 1 aromatic heterocycles. The van der Waals surface area contributed by atoms with Crippen molar-refractivity contribution in [3.8, 4) is 11.5 Å². The molecule has 1 heterocycles. The third-order valence-corrected chi connectivity index (χ3v) is 5.98. The summed E-state index contributed by atoms with van der Waals surface area (Å²) in [5.41, 5.74) is 2.63. The third kappa shape index (κ3) is 5.62. The first kappa shape index (κ1) is 22.8. The fourth-order valence-corrected chi connectivity index (χ4v) is 3.51. The van der Waals surface area contributed by atoms with Gasteiger partial charge in [-0.25, -0.2) is 0 Å². The third-order valence-electron chi connectivity index (χ3n) is 4.59. The van der Waals surface area contributed by atoms with Crippen LogP contribution in [-0.2, 0) is 11.3 Å². The molecule has 0 saturated heterocycles. The van der Waals surface area contributed by atoms with Gasteiger partial charge in [0.25, 0.3) is 5.69 Å². The smallest absolute Gasteiger partial charge is 0.275 e. The zero-order valence-electron chi connectivity index (χ0n) is 17.1. The average molecular weight is 508 g/mol. The van der Waals surface area contributed by atoms with Crippen LogP contribution < -0.4 is 10.1 Å². The van der Waals surface area contributed by atoms with Crippen LogP contribution in [0.4, 0.5) is 11.4 Å². The second-order valence-corrected chi connectivity index (χ2v) is 8.22. The molecule has 3 rings (SSSR count). The van der Waals surface area contributed by atoms with E-state index in [2.05, 4.69) is 26.3 Å². The number of carbonyl (C=O) groups excluding carboxylic acids is 1. The number of hydrogen-bond acceptors (Lipinski definition) is 5. The fraction of sp³-hybridized carbons (Fsp3) is 0.238. The molecule has 0 spiro atoms. The van der Waals surface area contributed by atoms with E-state index in [1.807, 2.05) is 20.8 Å². The summed E-state index contributed by atoms with van der Waals surface area (Å²) in [5.74, 6) is 0.451. The summed E-state index contributed by atoms with van der Waals surface area (Å²) in [6.45, 7) is 5.98. The topological polar surface area (TPSA) is 99.3 Å². The molecule has 0 bridgehead atoms. The second kappa shape index (κ2) is 9.49. The lowest BCUT2D eigenvalue weighted by atomic mass is 10.2. The van der Waals surface area contributed by atoms with Gasteiger partial charge in [0.05, 0.1) is 33.4 Å². The van der Waals surface area contributed by atoms with Crippen molar-refractivity contribution < 1.29 is 14.5 Å². The standard InChI is InChI=1S/C21H20BrClN4O4/c1-12-8-15(23)4-5-19(12)31-18-10-16(9-17(11-18)27(29)30)24-20(28)6-7-26-14(3)21(22)13(2)25-26/h4-5,8-11H,6-7H2,1-3H3,(H,24,28). The normalized spacial score (nSPS) is 10.7. The molecule has 1 N–H and O–H groups in total. The quantitative estimate of drug-likeness (QED) is 0.314. The average Bonchev–Trinajstić information content (AvgIpc) is 2.95. The zero-order valence-corrected chi connectivity index (χ0v) is 19.5. The minimum Gasteiger partial charge on any atom is -0.457 e. The lowest BCUT2D eigenvalue weighted by molar-refractivity contribution is -0.384. The summed E-state index contributed by atoms with van der Waals surface area (Å²) >= 11 is 9.42. The predicted molar refractivity (Wildman–Crippen MR) is 122 cm³/mol. The van der Waals surface area contributed by atoms with Crippen molar-refractivity contribution in [3.05, 3.63) is 73.0 Å². The SMILES string of the molecule is Cc1cc(Cl)ccc1Oc1cc(NC(=O)CCn2nc(C)c(Br)c2C)cc([N+](=O)[O-])c1. The molecule has 3 aromatic rings. The van der Waals surface area contributed by atoms with Gasteiger partial charge in [-0.05, 0) is 60.5 Å². The molecule has 0 aliphatic heterocycles. The van der Waals surface area contributed by atoms with Crippen molar-refractivity contribution in [2.45, 2.75) is 33.7 Å². The number of rotatable bonds is 7. The minimum atomic E-state index is -0.537. The Morgan fingerprint density at radius 3 is 2.61 bits per heavy atom. The highest BCUT2D eigenvalue weighted by atomic mass is 79.9. The molecular formula is C21H20BrClN4O4. The van der Waals surface area contributed by atoms with Crippen molar-refractivity contribution in [1.29, 1.82) is 0 Å². The van der Waals surface area contributed by atoms with E-state index in [1.165, 1.54) is 12.1 Å². The van der Waals surface area contributed by atoms with Gasteiger partial charge in [0.2, 0.25) is 5.91 Å². The van der Waals surface area contributed by atoms with E-state index < -0.39 is 4.92 Å². The summed E-state index contributed by atoms with van der Waals surface area (Å²) < 4.78 is 8.45. The van der Waals surface area contributed by atoms with Gasteiger partial charge >= 0.3 is 0 Å². The summed E-state index contributed by atoms with van der Waals surface area (Å²) in [6.07, 6.45) is 0.156.